The van der Waals surface area contributed by atoms with Gasteiger partial charge in [-0.25, -0.2) is 9.18 Å². The molecular weight excluding hydrogens is 634 g/mol. The number of hydrogen-bond acceptors (Lipinski definition) is 8. The summed E-state index contributed by atoms with van der Waals surface area (Å²) < 4.78 is 75.4. The maximum Gasteiger partial charge on any atom is 0.573 e. The number of para-hydroxylation sites is 2. The van der Waals surface area contributed by atoms with E-state index in [0.717, 1.165) is 32.1 Å². The molecule has 6 rings (SSSR count). The Kier molecular flexibility index (Phi) is 9.71. The Hall–Kier alpha value is -5.24. The Morgan fingerprint density at radius 1 is 0.938 bits per heavy atom. The van der Waals surface area contributed by atoms with Crippen molar-refractivity contribution < 1.29 is 41.3 Å². The van der Waals surface area contributed by atoms with Gasteiger partial charge in [-0.3, -0.25) is 9.88 Å². The maximum absolute atomic E-state index is 15.2. The molecule has 0 spiro atoms. The number of alkyl halides is 3. The van der Waals surface area contributed by atoms with Crippen LogP contribution in [0.2, 0.25) is 0 Å². The summed E-state index contributed by atoms with van der Waals surface area (Å²) in [5, 5.41) is 3.17. The molecule has 1 N–H and O–H groups in total. The summed E-state index contributed by atoms with van der Waals surface area (Å²) in [6.07, 6.45) is 2.87. The van der Waals surface area contributed by atoms with Gasteiger partial charge in [-0.15, -0.1) is 13.2 Å². The first-order valence-electron chi connectivity index (χ1n) is 15.3. The number of methoxy groups -OCH3 is 1. The van der Waals surface area contributed by atoms with Gasteiger partial charge in [-0.1, -0.05) is 12.1 Å². The molecule has 2 aliphatic heterocycles. The number of nitrogens with one attached hydrogen (secondary N) is 1. The van der Waals surface area contributed by atoms with E-state index < -0.39 is 24.0 Å². The minimum absolute atomic E-state index is 0.0878. The molecule has 1 aromatic heterocycles. The van der Waals surface area contributed by atoms with Gasteiger partial charge in [-0.05, 0) is 68.8 Å². The topological polar surface area (TPSA) is 88.6 Å². The van der Waals surface area contributed by atoms with E-state index in [2.05, 4.69) is 19.9 Å². The van der Waals surface area contributed by atoms with Crippen LogP contribution < -0.4 is 29.2 Å². The number of urea groups is 1. The lowest BCUT2D eigenvalue weighted by atomic mass is 10.1. The third kappa shape index (κ3) is 7.82. The van der Waals surface area contributed by atoms with Crippen molar-refractivity contribution in [3.63, 3.8) is 0 Å². The normalized spacial score (nSPS) is 14.9. The average Bonchev–Trinajstić information content (AvgIpc) is 3.77. The molecule has 0 unspecified atom stereocenters. The number of likely N-dealkylation sites (tertiary alicyclic amines) is 1. The van der Waals surface area contributed by atoms with Crippen molar-refractivity contribution in [2.75, 3.05) is 50.2 Å². The zero-order valence-corrected chi connectivity index (χ0v) is 26.0. The summed E-state index contributed by atoms with van der Waals surface area (Å²) in [4.78, 5) is 22.4. The molecule has 3 aromatic carbocycles. The number of carbonyl (C=O) groups is 1. The molecule has 0 atom stereocenters. The lowest BCUT2D eigenvalue weighted by molar-refractivity contribution is -0.274. The van der Waals surface area contributed by atoms with E-state index in [9.17, 15) is 18.0 Å². The average molecular weight is 668 g/mol. The van der Waals surface area contributed by atoms with Gasteiger partial charge < -0.3 is 34.1 Å². The Bertz CT molecular complexity index is 1800. The first kappa shape index (κ1) is 32.7. The summed E-state index contributed by atoms with van der Waals surface area (Å²) in [5.41, 5.74) is 0.838. The predicted molar refractivity (Wildman–Crippen MR) is 171 cm³/mol. The predicted octanol–water partition coefficient (Wildman–Crippen LogP) is 7.72. The standard InChI is InChI=1S/C34H33F4N5O5/c1-45-31-20-24-26(21-32(31)46-18-6-15-41-13-4-5-14-41)39-12-11-28(24)47-29-10-9-23(19-25(29)35)40-33(44)43-17-16-42(22-43)27-7-2-3-8-30(27)48-34(36,37)38/h2-3,7-12,16-17,19-21H,4-6,13-15,18,22H2,1H3,(H,40,44). The van der Waals surface area contributed by atoms with E-state index in [-0.39, 0.29) is 23.8 Å². The number of rotatable bonds is 11. The zero-order valence-electron chi connectivity index (χ0n) is 26.0. The second-order valence-electron chi connectivity index (χ2n) is 11.2. The number of ether oxygens (including phenoxy) is 4. The van der Waals surface area contributed by atoms with Crippen LogP contribution >= 0.6 is 0 Å². The third-order valence-corrected chi connectivity index (χ3v) is 7.86. The highest BCUT2D eigenvalue weighted by Crippen LogP contribution is 2.38. The molecule has 3 heterocycles. The van der Waals surface area contributed by atoms with Gasteiger partial charge >= 0.3 is 12.4 Å². The molecule has 1 saturated heterocycles. The summed E-state index contributed by atoms with van der Waals surface area (Å²) in [5.74, 6) is 0.150. The second-order valence-corrected chi connectivity index (χ2v) is 11.2. The summed E-state index contributed by atoms with van der Waals surface area (Å²) >= 11 is 0. The molecule has 4 aromatic rings. The summed E-state index contributed by atoms with van der Waals surface area (Å²) in [7, 11) is 1.54. The lowest BCUT2D eigenvalue weighted by Crippen LogP contribution is -2.34. The fourth-order valence-corrected chi connectivity index (χ4v) is 5.55. The van der Waals surface area contributed by atoms with Gasteiger partial charge in [-0.2, -0.15) is 0 Å². The summed E-state index contributed by atoms with van der Waals surface area (Å²) in [6.45, 7) is 3.67. The zero-order chi connectivity index (χ0) is 33.7. The van der Waals surface area contributed by atoms with Crippen LogP contribution in [0.1, 0.15) is 19.3 Å². The monoisotopic (exact) mass is 667 g/mol. The number of benzene rings is 3. The Morgan fingerprint density at radius 2 is 1.75 bits per heavy atom. The minimum Gasteiger partial charge on any atom is -0.493 e. The third-order valence-electron chi connectivity index (χ3n) is 7.86. The first-order valence-corrected chi connectivity index (χ1v) is 15.3. The number of amides is 2. The first-order chi connectivity index (χ1) is 23.2. The molecule has 10 nitrogen and oxygen atoms in total. The van der Waals surface area contributed by atoms with Crippen LogP contribution in [0.25, 0.3) is 10.9 Å². The highest BCUT2D eigenvalue weighted by atomic mass is 19.4. The SMILES string of the molecule is COc1cc2c(Oc3ccc(NC(=O)N4C=CN(c5ccccc5OC(F)(F)F)C4)cc3F)ccnc2cc1OCCCN1CCCC1. The van der Waals surface area contributed by atoms with Crippen LogP contribution in [0.4, 0.5) is 33.7 Å². The van der Waals surface area contributed by atoms with Gasteiger partial charge in [0.05, 0.1) is 24.9 Å². The van der Waals surface area contributed by atoms with Crippen LogP contribution in [-0.2, 0) is 0 Å². The molecule has 1 fully saturated rings. The van der Waals surface area contributed by atoms with E-state index >= 15 is 4.39 Å². The Balaban J connectivity index is 1.09. The molecule has 0 saturated carbocycles. The number of nitrogens with zero attached hydrogens (tertiary/aromatic N) is 4. The molecule has 48 heavy (non-hydrogen) atoms. The molecule has 2 amide bonds. The number of hydrogen-bond donors (Lipinski definition) is 1. The van der Waals surface area contributed by atoms with Crippen molar-refractivity contribution >= 4 is 28.3 Å². The van der Waals surface area contributed by atoms with Gasteiger partial charge in [0.2, 0.25) is 0 Å². The van der Waals surface area contributed by atoms with E-state index in [1.165, 1.54) is 65.4 Å². The van der Waals surface area contributed by atoms with Crippen LogP contribution in [-0.4, -0.2) is 67.2 Å². The van der Waals surface area contributed by atoms with E-state index in [4.69, 9.17) is 14.2 Å². The number of halogens is 4. The van der Waals surface area contributed by atoms with Crippen molar-refractivity contribution in [2.45, 2.75) is 25.6 Å². The molecule has 2 aliphatic rings. The van der Waals surface area contributed by atoms with Crippen LogP contribution in [0.5, 0.6) is 28.7 Å². The van der Waals surface area contributed by atoms with E-state index in [0.29, 0.717) is 34.8 Å². The Labute approximate surface area is 274 Å². The fraction of sp³-hybridized carbons (Fsp3) is 0.294. The molecule has 0 aliphatic carbocycles. The number of fused-ring (bicyclic) bond motifs is 1. The minimum atomic E-state index is -4.88. The van der Waals surface area contributed by atoms with Gasteiger partial charge in [0.1, 0.15) is 12.4 Å². The van der Waals surface area contributed by atoms with E-state index in [1.54, 1.807) is 37.6 Å². The Morgan fingerprint density at radius 3 is 2.52 bits per heavy atom. The number of anilines is 2. The largest absolute Gasteiger partial charge is 0.573 e. The van der Waals surface area contributed by atoms with Gasteiger partial charge in [0, 0.05) is 48.3 Å². The fourth-order valence-electron chi connectivity index (χ4n) is 5.55. The molecular formula is C34H33F4N5O5. The van der Waals surface area contributed by atoms with Crippen LogP contribution in [0, 0.1) is 5.82 Å². The quantitative estimate of drug-likeness (QED) is 0.129. The lowest BCUT2D eigenvalue weighted by Gasteiger charge is -2.23. The van der Waals surface area contributed by atoms with Crippen molar-refractivity contribution in [3.05, 3.63) is 85.1 Å². The van der Waals surface area contributed by atoms with Gasteiger partial charge in [0.15, 0.2) is 28.8 Å². The van der Waals surface area contributed by atoms with Crippen molar-refractivity contribution in [1.29, 1.82) is 0 Å². The molecule has 252 valence electrons. The van der Waals surface area contributed by atoms with E-state index in [1.807, 2.05) is 0 Å². The number of pyridine rings is 1. The number of carbonyl (C=O) groups excluding carboxylic acids is 1. The molecule has 0 radical (unpaired) electrons. The maximum atomic E-state index is 15.2. The highest BCUT2D eigenvalue weighted by molar-refractivity contribution is 5.91. The van der Waals surface area contributed by atoms with Crippen molar-refractivity contribution in [2.24, 2.45) is 0 Å². The van der Waals surface area contributed by atoms with Crippen molar-refractivity contribution in [1.82, 2.24) is 14.8 Å². The molecule has 14 heteroatoms. The second kappa shape index (κ2) is 14.3. The van der Waals surface area contributed by atoms with Gasteiger partial charge in [0.25, 0.3) is 0 Å². The van der Waals surface area contributed by atoms with Crippen LogP contribution in [0.15, 0.2) is 79.3 Å². The smallest absolute Gasteiger partial charge is 0.493 e. The number of aromatic nitrogens is 1. The summed E-state index contributed by atoms with van der Waals surface area (Å²) in [6, 6.07) is 14.0. The van der Waals surface area contributed by atoms with Crippen molar-refractivity contribution in [3.8, 4) is 28.7 Å². The molecule has 0 bridgehead atoms. The highest BCUT2D eigenvalue weighted by Gasteiger charge is 2.33. The van der Waals surface area contributed by atoms with Crippen LogP contribution in [0.3, 0.4) is 0 Å².